The zero-order valence-electron chi connectivity index (χ0n) is 17.6. The van der Waals surface area contributed by atoms with E-state index in [4.69, 9.17) is 11.6 Å². The van der Waals surface area contributed by atoms with Crippen molar-refractivity contribution in [1.29, 1.82) is 0 Å². The Hall–Kier alpha value is -1.95. The minimum absolute atomic E-state index is 0.809. The van der Waals surface area contributed by atoms with Gasteiger partial charge in [-0.05, 0) is 73.4 Å². The number of rotatable bonds is 10. The average Bonchev–Trinajstić information content (AvgIpc) is 3.20. The van der Waals surface area contributed by atoms with Crippen LogP contribution in [0.4, 0.5) is 0 Å². The second-order valence-electron chi connectivity index (χ2n) is 7.51. The maximum absolute atomic E-state index is 5.95. The van der Waals surface area contributed by atoms with Crippen LogP contribution in [0.2, 0.25) is 5.02 Å². The van der Waals surface area contributed by atoms with E-state index in [2.05, 4.69) is 46.1 Å². The van der Waals surface area contributed by atoms with Gasteiger partial charge < -0.3 is 4.98 Å². The number of pyridine rings is 1. The first-order chi connectivity index (χ1) is 15.2. The largest absolute Gasteiger partial charge is 0.333 e. The molecular weight excluding hydrogens is 442 g/mol. The molecule has 2 aromatic heterocycles. The summed E-state index contributed by atoms with van der Waals surface area (Å²) in [6.45, 7) is 2.18. The molecule has 2 heterocycles. The summed E-state index contributed by atoms with van der Waals surface area (Å²) < 4.78 is 0. The van der Waals surface area contributed by atoms with Crippen LogP contribution in [0.3, 0.4) is 0 Å². The van der Waals surface area contributed by atoms with Crippen LogP contribution in [0.25, 0.3) is 11.0 Å². The molecule has 0 amide bonds. The Kier molecular flexibility index (Phi) is 7.95. The van der Waals surface area contributed by atoms with Crippen molar-refractivity contribution in [1.82, 2.24) is 15.0 Å². The first-order valence-corrected chi connectivity index (χ1v) is 12.9. The molecule has 0 unspecified atom stereocenters. The minimum atomic E-state index is 0.809. The van der Waals surface area contributed by atoms with Crippen molar-refractivity contribution in [3.05, 3.63) is 82.6 Å². The monoisotopic (exact) mass is 467 g/mol. The van der Waals surface area contributed by atoms with Gasteiger partial charge in [0.25, 0.3) is 0 Å². The summed E-state index contributed by atoms with van der Waals surface area (Å²) in [7, 11) is 0. The minimum Gasteiger partial charge on any atom is -0.333 e. The Morgan fingerprint density at radius 2 is 1.77 bits per heavy atom. The van der Waals surface area contributed by atoms with Crippen LogP contribution in [-0.2, 0) is 12.2 Å². The summed E-state index contributed by atoms with van der Waals surface area (Å²) in [6.07, 6.45) is 6.75. The number of aromatic nitrogens is 3. The van der Waals surface area contributed by atoms with E-state index in [0.29, 0.717) is 0 Å². The number of thioether (sulfide) groups is 2. The molecule has 160 valence electrons. The molecule has 0 saturated carbocycles. The van der Waals surface area contributed by atoms with E-state index in [0.717, 1.165) is 44.8 Å². The second-order valence-corrected chi connectivity index (χ2v) is 10.1. The van der Waals surface area contributed by atoms with Crippen molar-refractivity contribution in [2.45, 2.75) is 48.4 Å². The van der Waals surface area contributed by atoms with Gasteiger partial charge in [-0.3, -0.25) is 4.98 Å². The van der Waals surface area contributed by atoms with Gasteiger partial charge in [-0.15, -0.1) is 11.8 Å². The molecule has 3 nitrogen and oxygen atoms in total. The Labute approximate surface area is 197 Å². The van der Waals surface area contributed by atoms with Crippen LogP contribution in [0.5, 0.6) is 0 Å². The Bertz CT molecular complexity index is 1090. The number of aryl methyl sites for hydroxylation is 1. The SMILES string of the molecule is Cc1c(SCCCCCc2ccc(Cl)cc2)ccnc1CSc1nc2ccccc2[nH]1. The lowest BCUT2D eigenvalue weighted by Gasteiger charge is -2.09. The highest BCUT2D eigenvalue weighted by atomic mass is 35.5. The molecule has 4 rings (SSSR count). The van der Waals surface area contributed by atoms with Gasteiger partial charge >= 0.3 is 0 Å². The molecule has 0 atom stereocenters. The van der Waals surface area contributed by atoms with Crippen LogP contribution >= 0.6 is 35.1 Å². The van der Waals surface area contributed by atoms with Crippen molar-refractivity contribution < 1.29 is 0 Å². The second kappa shape index (κ2) is 11.1. The molecular formula is C25H26ClN3S2. The van der Waals surface area contributed by atoms with E-state index < -0.39 is 0 Å². The Morgan fingerprint density at radius 3 is 2.61 bits per heavy atom. The molecule has 0 spiro atoms. The normalized spacial score (nSPS) is 11.3. The van der Waals surface area contributed by atoms with Gasteiger partial charge in [-0.2, -0.15) is 0 Å². The third kappa shape index (κ3) is 6.28. The highest BCUT2D eigenvalue weighted by molar-refractivity contribution is 7.99. The fourth-order valence-electron chi connectivity index (χ4n) is 3.44. The van der Waals surface area contributed by atoms with E-state index in [1.54, 1.807) is 11.8 Å². The molecule has 6 heteroatoms. The summed E-state index contributed by atoms with van der Waals surface area (Å²) in [4.78, 5) is 14.0. The number of hydrogen-bond donors (Lipinski definition) is 1. The fraction of sp³-hybridized carbons (Fsp3) is 0.280. The Balaban J connectivity index is 1.23. The van der Waals surface area contributed by atoms with E-state index in [1.165, 1.54) is 35.3 Å². The Morgan fingerprint density at radius 1 is 0.935 bits per heavy atom. The predicted octanol–water partition coefficient (Wildman–Crippen LogP) is 7.72. The maximum Gasteiger partial charge on any atom is 0.166 e. The summed E-state index contributed by atoms with van der Waals surface area (Å²) in [5.41, 5.74) is 5.88. The van der Waals surface area contributed by atoms with Crippen molar-refractivity contribution in [2.75, 3.05) is 5.75 Å². The van der Waals surface area contributed by atoms with Gasteiger partial charge in [0.1, 0.15) is 0 Å². The third-order valence-electron chi connectivity index (χ3n) is 5.25. The molecule has 4 aromatic rings. The first kappa shape index (κ1) is 22.3. The van der Waals surface area contributed by atoms with Crippen LogP contribution in [-0.4, -0.2) is 20.7 Å². The number of nitrogens with zero attached hydrogens (tertiary/aromatic N) is 2. The van der Waals surface area contributed by atoms with Crippen molar-refractivity contribution in [3.63, 3.8) is 0 Å². The fourth-order valence-corrected chi connectivity index (χ4v) is 5.53. The zero-order chi connectivity index (χ0) is 21.5. The lowest BCUT2D eigenvalue weighted by molar-refractivity contribution is 0.722. The molecule has 31 heavy (non-hydrogen) atoms. The van der Waals surface area contributed by atoms with Gasteiger partial charge in [0.2, 0.25) is 0 Å². The quantitative estimate of drug-likeness (QED) is 0.191. The van der Waals surface area contributed by atoms with E-state index in [9.17, 15) is 0 Å². The number of halogens is 1. The average molecular weight is 468 g/mol. The van der Waals surface area contributed by atoms with Crippen LogP contribution in [0.15, 0.2) is 70.8 Å². The van der Waals surface area contributed by atoms with E-state index in [1.807, 2.05) is 48.3 Å². The standard InChI is InChI=1S/C25H26ClN3S2/c1-18-23(17-31-25-28-21-8-4-5-9-22(21)29-25)27-15-14-24(18)30-16-6-2-3-7-19-10-12-20(26)13-11-19/h4-5,8-15H,2-3,6-7,16-17H2,1H3,(H,28,29). The van der Waals surface area contributed by atoms with Gasteiger partial charge in [-0.25, -0.2) is 4.98 Å². The molecule has 0 bridgehead atoms. The predicted molar refractivity (Wildman–Crippen MR) is 134 cm³/mol. The maximum atomic E-state index is 5.95. The summed E-state index contributed by atoms with van der Waals surface area (Å²) in [6, 6.07) is 18.5. The first-order valence-electron chi connectivity index (χ1n) is 10.6. The topological polar surface area (TPSA) is 41.6 Å². The van der Waals surface area contributed by atoms with Gasteiger partial charge in [0.05, 0.1) is 16.7 Å². The van der Waals surface area contributed by atoms with Crippen molar-refractivity contribution in [2.24, 2.45) is 0 Å². The molecule has 0 fully saturated rings. The number of hydrogen-bond acceptors (Lipinski definition) is 4. The lowest BCUT2D eigenvalue weighted by Crippen LogP contribution is -1.95. The van der Waals surface area contributed by atoms with Gasteiger partial charge in [0, 0.05) is 21.9 Å². The molecule has 0 saturated heterocycles. The molecule has 0 aliphatic rings. The molecule has 2 aromatic carbocycles. The van der Waals surface area contributed by atoms with Gasteiger partial charge in [-0.1, -0.05) is 54.0 Å². The van der Waals surface area contributed by atoms with E-state index >= 15 is 0 Å². The smallest absolute Gasteiger partial charge is 0.166 e. The van der Waals surface area contributed by atoms with Crippen molar-refractivity contribution in [3.8, 4) is 0 Å². The highest BCUT2D eigenvalue weighted by Crippen LogP contribution is 2.29. The summed E-state index contributed by atoms with van der Waals surface area (Å²) in [5, 5.41) is 1.75. The summed E-state index contributed by atoms with van der Waals surface area (Å²) >= 11 is 9.60. The number of nitrogens with one attached hydrogen (secondary N) is 1. The van der Waals surface area contributed by atoms with Crippen LogP contribution in [0, 0.1) is 6.92 Å². The number of fused-ring (bicyclic) bond motifs is 1. The number of H-pyrrole nitrogens is 1. The van der Waals surface area contributed by atoms with Gasteiger partial charge in [0.15, 0.2) is 5.16 Å². The highest BCUT2D eigenvalue weighted by Gasteiger charge is 2.09. The lowest BCUT2D eigenvalue weighted by atomic mass is 10.1. The number of benzene rings is 2. The number of para-hydroxylation sites is 2. The number of aromatic amines is 1. The van der Waals surface area contributed by atoms with Crippen molar-refractivity contribution >= 4 is 46.2 Å². The van der Waals surface area contributed by atoms with E-state index in [-0.39, 0.29) is 0 Å². The molecule has 1 N–H and O–H groups in total. The molecule has 0 radical (unpaired) electrons. The number of unbranched alkanes of at least 4 members (excludes halogenated alkanes) is 2. The van der Waals surface area contributed by atoms with Crippen LogP contribution in [0.1, 0.15) is 36.1 Å². The number of imidazole rings is 1. The summed E-state index contributed by atoms with van der Waals surface area (Å²) in [5.74, 6) is 1.96. The molecule has 0 aliphatic heterocycles. The zero-order valence-corrected chi connectivity index (χ0v) is 20.0. The molecule has 0 aliphatic carbocycles. The third-order valence-corrected chi connectivity index (χ3v) is 7.64. The van der Waals surface area contributed by atoms with Crippen LogP contribution < -0.4 is 0 Å².